The number of rotatable bonds is 8. The smallest absolute Gasteiger partial charge is 0.329 e. The summed E-state index contributed by atoms with van der Waals surface area (Å²) in [5, 5.41) is 9.02. The zero-order chi connectivity index (χ0) is 19.3. The lowest BCUT2D eigenvalue weighted by molar-refractivity contribution is -0.131. The fourth-order valence-corrected chi connectivity index (χ4v) is 2.45. The maximum Gasteiger partial charge on any atom is 0.329 e. The summed E-state index contributed by atoms with van der Waals surface area (Å²) in [6.45, 7) is 1.47. The van der Waals surface area contributed by atoms with Crippen molar-refractivity contribution in [2.24, 2.45) is 11.5 Å². The minimum absolute atomic E-state index is 0.0655. The molecule has 1 aromatic carbocycles. The summed E-state index contributed by atoms with van der Waals surface area (Å²) < 4.78 is 0. The van der Waals surface area contributed by atoms with Crippen molar-refractivity contribution < 1.29 is 19.5 Å². The maximum absolute atomic E-state index is 12.6. The van der Waals surface area contributed by atoms with Crippen LogP contribution in [0.3, 0.4) is 0 Å². The summed E-state index contributed by atoms with van der Waals surface area (Å²) in [5.74, 6) is -2.13. The van der Waals surface area contributed by atoms with Crippen LogP contribution in [0.1, 0.15) is 28.5 Å². The molecular formula is C18H20N4O4. The van der Waals surface area contributed by atoms with Gasteiger partial charge < -0.3 is 21.6 Å². The van der Waals surface area contributed by atoms with Crippen molar-refractivity contribution in [2.75, 3.05) is 0 Å². The van der Waals surface area contributed by atoms with Crippen LogP contribution >= 0.6 is 0 Å². The number of nitrogens with zero attached hydrogens (tertiary/aromatic N) is 1. The molecular weight excluding hydrogens is 336 g/mol. The molecule has 0 spiro atoms. The third kappa shape index (κ3) is 4.71. The van der Waals surface area contributed by atoms with E-state index in [0.29, 0.717) is 5.56 Å². The van der Waals surface area contributed by atoms with E-state index in [1.807, 2.05) is 0 Å². The molecule has 0 saturated carbocycles. The van der Waals surface area contributed by atoms with Crippen LogP contribution in [0.15, 0.2) is 42.9 Å². The molecule has 8 heteroatoms. The molecule has 8 nitrogen and oxygen atoms in total. The molecule has 0 unspecified atom stereocenters. The summed E-state index contributed by atoms with van der Waals surface area (Å²) in [6.07, 6.45) is 4.15. The minimum atomic E-state index is -1.28. The van der Waals surface area contributed by atoms with Gasteiger partial charge in [0.25, 0.3) is 0 Å². The number of H-pyrrole nitrogens is 1. The molecule has 0 fully saturated rings. The second-order valence-electron chi connectivity index (χ2n) is 5.88. The van der Waals surface area contributed by atoms with Gasteiger partial charge in [0.15, 0.2) is 11.6 Å². The Labute approximate surface area is 149 Å². The van der Waals surface area contributed by atoms with Gasteiger partial charge >= 0.3 is 5.97 Å². The van der Waals surface area contributed by atoms with Crippen molar-refractivity contribution in [3.8, 4) is 0 Å². The number of aromatic nitrogens is 2. The first-order chi connectivity index (χ1) is 12.3. The SMILES string of the molecule is C[C@H](N)C(=O)C(=CC(=O)O)c1cccc(C(=O)[C@@H](N)Cc2cnc[nH]2)c1. The fraction of sp³-hybridized carbons (Fsp3) is 0.222. The topological polar surface area (TPSA) is 152 Å². The Morgan fingerprint density at radius 3 is 2.54 bits per heavy atom. The third-order valence-corrected chi connectivity index (χ3v) is 3.74. The van der Waals surface area contributed by atoms with E-state index in [-0.39, 0.29) is 23.3 Å². The van der Waals surface area contributed by atoms with Crippen molar-refractivity contribution in [1.29, 1.82) is 0 Å². The van der Waals surface area contributed by atoms with E-state index < -0.39 is 23.8 Å². The van der Waals surface area contributed by atoms with Crippen LogP contribution in [-0.4, -0.2) is 44.7 Å². The van der Waals surface area contributed by atoms with Gasteiger partial charge in [-0.05, 0) is 18.6 Å². The lowest BCUT2D eigenvalue weighted by atomic mass is 9.93. The fourth-order valence-electron chi connectivity index (χ4n) is 2.45. The number of carboxylic acid groups (broad SMARTS) is 1. The lowest BCUT2D eigenvalue weighted by Crippen LogP contribution is -2.33. The lowest BCUT2D eigenvalue weighted by Gasteiger charge is -2.13. The predicted molar refractivity (Wildman–Crippen MR) is 95.3 cm³/mol. The molecule has 2 atom stereocenters. The predicted octanol–water partition coefficient (Wildman–Crippen LogP) is 0.547. The normalized spacial score (nSPS) is 13.9. The third-order valence-electron chi connectivity index (χ3n) is 3.74. The summed E-state index contributed by atoms with van der Waals surface area (Å²) in [6, 6.07) is 4.45. The van der Waals surface area contributed by atoms with Crippen molar-refractivity contribution in [2.45, 2.75) is 25.4 Å². The summed E-state index contributed by atoms with van der Waals surface area (Å²) >= 11 is 0. The number of carboxylic acids is 1. The van der Waals surface area contributed by atoms with Crippen molar-refractivity contribution in [3.05, 3.63) is 59.7 Å². The Hall–Kier alpha value is -3.10. The Bertz CT molecular complexity index is 841. The number of aromatic amines is 1. The Balaban J connectivity index is 2.31. The number of nitrogens with two attached hydrogens (primary N) is 2. The largest absolute Gasteiger partial charge is 0.478 e. The molecule has 136 valence electrons. The van der Waals surface area contributed by atoms with Gasteiger partial charge in [-0.2, -0.15) is 0 Å². The Morgan fingerprint density at radius 2 is 1.96 bits per heavy atom. The van der Waals surface area contributed by atoms with E-state index >= 15 is 0 Å². The van der Waals surface area contributed by atoms with Crippen molar-refractivity contribution in [1.82, 2.24) is 9.97 Å². The van der Waals surface area contributed by atoms with E-state index in [1.54, 1.807) is 24.4 Å². The first-order valence-corrected chi connectivity index (χ1v) is 7.91. The molecule has 0 aliphatic carbocycles. The molecule has 0 saturated heterocycles. The number of hydrogen-bond donors (Lipinski definition) is 4. The minimum Gasteiger partial charge on any atom is -0.478 e. The van der Waals surface area contributed by atoms with Gasteiger partial charge in [-0.3, -0.25) is 9.59 Å². The van der Waals surface area contributed by atoms with E-state index in [1.165, 1.54) is 19.3 Å². The van der Waals surface area contributed by atoms with Gasteiger partial charge in [0.05, 0.1) is 18.4 Å². The number of Topliss-reactive ketones (excluding diaryl/α,β-unsaturated/α-hetero) is 2. The average Bonchev–Trinajstić information content (AvgIpc) is 3.11. The van der Waals surface area contributed by atoms with Crippen molar-refractivity contribution >= 4 is 23.1 Å². The number of benzene rings is 1. The van der Waals surface area contributed by atoms with Crippen LogP contribution in [0.2, 0.25) is 0 Å². The molecule has 1 aromatic heterocycles. The number of imidazole rings is 1. The Kier molecular flexibility index (Phi) is 6.16. The number of carbonyl (C=O) groups excluding carboxylic acids is 2. The first kappa shape index (κ1) is 19.2. The molecule has 2 rings (SSSR count). The zero-order valence-corrected chi connectivity index (χ0v) is 14.2. The van der Waals surface area contributed by atoms with Gasteiger partial charge in [0, 0.05) is 35.5 Å². The van der Waals surface area contributed by atoms with Gasteiger partial charge in [0.1, 0.15) is 0 Å². The molecule has 0 radical (unpaired) electrons. The van der Waals surface area contributed by atoms with Crippen molar-refractivity contribution in [3.63, 3.8) is 0 Å². The maximum atomic E-state index is 12.6. The van der Waals surface area contributed by atoms with Crippen LogP contribution in [0.4, 0.5) is 0 Å². The molecule has 1 heterocycles. The van der Waals surface area contributed by atoms with Crippen LogP contribution in [0.5, 0.6) is 0 Å². The summed E-state index contributed by atoms with van der Waals surface area (Å²) in [4.78, 5) is 42.6. The van der Waals surface area contributed by atoms with Crippen LogP contribution in [0, 0.1) is 0 Å². The second kappa shape index (κ2) is 8.32. The Morgan fingerprint density at radius 1 is 1.27 bits per heavy atom. The standard InChI is InChI=1S/C18H20N4O4/c1-10(19)17(25)14(7-16(23)24)11-3-2-4-12(5-11)18(26)15(20)6-13-8-21-9-22-13/h2-5,7-10,15H,6,19-20H2,1H3,(H,21,22)(H,23,24)/t10-,15-/m0/s1. The number of carbonyl (C=O) groups is 3. The van der Waals surface area contributed by atoms with E-state index in [9.17, 15) is 14.4 Å². The average molecular weight is 356 g/mol. The van der Waals surface area contributed by atoms with Crippen LogP contribution in [0.25, 0.3) is 5.57 Å². The quantitative estimate of drug-likeness (QED) is 0.398. The molecule has 0 aliphatic rings. The zero-order valence-electron chi connectivity index (χ0n) is 14.2. The van der Waals surface area contributed by atoms with Gasteiger partial charge in [-0.25, -0.2) is 9.78 Å². The van der Waals surface area contributed by atoms with E-state index in [2.05, 4.69) is 9.97 Å². The van der Waals surface area contributed by atoms with Gasteiger partial charge in [-0.15, -0.1) is 0 Å². The number of nitrogens with one attached hydrogen (secondary N) is 1. The highest BCUT2D eigenvalue weighted by Crippen LogP contribution is 2.19. The molecule has 0 aliphatic heterocycles. The second-order valence-corrected chi connectivity index (χ2v) is 5.88. The van der Waals surface area contributed by atoms with E-state index in [0.717, 1.165) is 11.8 Å². The molecule has 6 N–H and O–H groups in total. The number of aliphatic carboxylic acids is 1. The summed E-state index contributed by atoms with van der Waals surface area (Å²) in [7, 11) is 0. The highest BCUT2D eigenvalue weighted by Gasteiger charge is 2.21. The first-order valence-electron chi connectivity index (χ1n) is 7.91. The number of hydrogen-bond acceptors (Lipinski definition) is 6. The molecule has 0 amide bonds. The highest BCUT2D eigenvalue weighted by molar-refractivity contribution is 6.26. The summed E-state index contributed by atoms with van der Waals surface area (Å²) in [5.41, 5.74) is 12.8. The van der Waals surface area contributed by atoms with E-state index in [4.69, 9.17) is 16.6 Å². The van der Waals surface area contributed by atoms with Gasteiger partial charge in [-0.1, -0.05) is 18.2 Å². The van der Waals surface area contributed by atoms with Gasteiger partial charge in [0.2, 0.25) is 0 Å². The monoisotopic (exact) mass is 356 g/mol. The molecule has 0 bridgehead atoms. The van der Waals surface area contributed by atoms with Crippen LogP contribution in [-0.2, 0) is 16.0 Å². The number of ketones is 2. The van der Waals surface area contributed by atoms with Crippen LogP contribution < -0.4 is 11.5 Å². The highest BCUT2D eigenvalue weighted by atomic mass is 16.4. The molecule has 26 heavy (non-hydrogen) atoms. The molecule has 2 aromatic rings.